The van der Waals surface area contributed by atoms with Crippen LogP contribution in [0.3, 0.4) is 0 Å². The predicted molar refractivity (Wildman–Crippen MR) is 88.9 cm³/mol. The molecule has 0 N–H and O–H groups in total. The lowest BCUT2D eigenvalue weighted by atomic mass is 10.3. The number of rotatable bonds is 4. The van der Waals surface area contributed by atoms with E-state index < -0.39 is 0 Å². The number of amides is 1. The molecule has 5 nitrogen and oxygen atoms in total. The highest BCUT2D eigenvalue weighted by molar-refractivity contribution is 7.97. The summed E-state index contributed by atoms with van der Waals surface area (Å²) in [6.45, 7) is 4.32. The number of carbonyl (C=O) groups excluding carboxylic acids is 1. The molecule has 1 aromatic heterocycles. The third-order valence-corrected chi connectivity index (χ3v) is 4.44. The first-order valence-electron chi connectivity index (χ1n) is 7.51. The van der Waals surface area contributed by atoms with E-state index in [0.29, 0.717) is 26.2 Å². The molecule has 0 aliphatic carbocycles. The third kappa shape index (κ3) is 3.13. The summed E-state index contributed by atoms with van der Waals surface area (Å²) in [6.07, 6.45) is 2.16. The van der Waals surface area contributed by atoms with Gasteiger partial charge in [0.15, 0.2) is 0 Å². The van der Waals surface area contributed by atoms with E-state index >= 15 is 0 Å². The Morgan fingerprint density at radius 3 is 3.05 bits per heavy atom. The van der Waals surface area contributed by atoms with Crippen LogP contribution in [0.4, 0.5) is 0 Å². The van der Waals surface area contributed by atoms with E-state index in [1.165, 1.54) is 0 Å². The van der Waals surface area contributed by atoms with E-state index in [2.05, 4.69) is 11.2 Å². The Kier molecular flexibility index (Phi) is 4.69. The summed E-state index contributed by atoms with van der Waals surface area (Å²) in [7, 11) is 0. The van der Waals surface area contributed by atoms with E-state index in [0.717, 1.165) is 22.6 Å². The zero-order valence-electron chi connectivity index (χ0n) is 13.0. The number of carbonyl (C=O) groups is 1. The number of para-hydroxylation sites is 2. The number of imidazole rings is 1. The molecule has 22 heavy (non-hydrogen) atoms. The third-order valence-electron chi connectivity index (χ3n) is 3.89. The molecule has 118 valence electrons. The molecule has 2 heterocycles. The molecule has 1 aliphatic rings. The molecule has 0 spiro atoms. The molecular weight excluding hydrogens is 298 g/mol. The molecule has 6 heteroatoms. The standard InChI is InChI=1S/C16H21N3O2S/c1-12-9-18(7-8-21-12)16(20)10-19-14-6-4-3-5-13(14)17-15(19)11-22-2/h3-6,12H,7-11H2,1-2H3/t12-/m1/s1. The summed E-state index contributed by atoms with van der Waals surface area (Å²) in [5.41, 5.74) is 1.98. The Hall–Kier alpha value is -1.53. The van der Waals surface area contributed by atoms with E-state index in [9.17, 15) is 4.79 Å². The van der Waals surface area contributed by atoms with Gasteiger partial charge in [0, 0.05) is 13.1 Å². The predicted octanol–water partition coefficient (Wildman–Crippen LogP) is 2.15. The van der Waals surface area contributed by atoms with Crippen molar-refractivity contribution in [3.8, 4) is 0 Å². The SMILES string of the molecule is CSCc1nc2ccccc2n1CC(=O)N1CCO[C@H](C)C1. The average Bonchev–Trinajstić information content (AvgIpc) is 2.85. The quantitative estimate of drug-likeness (QED) is 0.866. The van der Waals surface area contributed by atoms with Gasteiger partial charge in [-0.05, 0) is 25.3 Å². The lowest BCUT2D eigenvalue weighted by Gasteiger charge is -2.31. The lowest BCUT2D eigenvalue weighted by Crippen LogP contribution is -2.45. The van der Waals surface area contributed by atoms with Gasteiger partial charge in [0.1, 0.15) is 12.4 Å². The minimum atomic E-state index is 0.114. The van der Waals surface area contributed by atoms with Gasteiger partial charge in [-0.3, -0.25) is 4.79 Å². The lowest BCUT2D eigenvalue weighted by molar-refractivity contribution is -0.138. The maximum Gasteiger partial charge on any atom is 0.242 e. The second-order valence-electron chi connectivity index (χ2n) is 5.56. The summed E-state index contributed by atoms with van der Waals surface area (Å²) in [6, 6.07) is 8.00. The van der Waals surface area contributed by atoms with E-state index in [1.54, 1.807) is 11.8 Å². The molecule has 0 saturated carbocycles. The first-order chi connectivity index (χ1) is 10.7. The van der Waals surface area contributed by atoms with Crippen LogP contribution in [0.1, 0.15) is 12.7 Å². The van der Waals surface area contributed by atoms with Gasteiger partial charge in [-0.1, -0.05) is 12.1 Å². The van der Waals surface area contributed by atoms with Crippen LogP contribution in [0.25, 0.3) is 11.0 Å². The number of hydrogen-bond acceptors (Lipinski definition) is 4. The maximum atomic E-state index is 12.6. The Balaban J connectivity index is 1.85. The van der Waals surface area contributed by atoms with Crippen molar-refractivity contribution in [1.29, 1.82) is 0 Å². The number of fused-ring (bicyclic) bond motifs is 1. The maximum absolute atomic E-state index is 12.6. The zero-order chi connectivity index (χ0) is 15.5. The van der Waals surface area contributed by atoms with Crippen LogP contribution < -0.4 is 0 Å². The molecule has 1 saturated heterocycles. The van der Waals surface area contributed by atoms with Gasteiger partial charge in [0.05, 0.1) is 29.5 Å². The number of hydrogen-bond donors (Lipinski definition) is 0. The van der Waals surface area contributed by atoms with Crippen molar-refractivity contribution in [1.82, 2.24) is 14.5 Å². The second kappa shape index (κ2) is 6.71. The molecule has 0 bridgehead atoms. The van der Waals surface area contributed by atoms with E-state index in [1.807, 2.05) is 40.7 Å². The van der Waals surface area contributed by atoms with Crippen molar-refractivity contribution in [3.05, 3.63) is 30.1 Å². The van der Waals surface area contributed by atoms with Gasteiger partial charge in [-0.2, -0.15) is 11.8 Å². The van der Waals surface area contributed by atoms with Gasteiger partial charge >= 0.3 is 0 Å². The van der Waals surface area contributed by atoms with Crippen molar-refractivity contribution in [2.75, 3.05) is 26.0 Å². The van der Waals surface area contributed by atoms with Crippen molar-refractivity contribution >= 4 is 28.7 Å². The molecule has 1 aliphatic heterocycles. The van der Waals surface area contributed by atoms with Gasteiger partial charge in [-0.25, -0.2) is 4.98 Å². The summed E-state index contributed by atoms with van der Waals surface area (Å²) in [4.78, 5) is 19.2. The molecular formula is C16H21N3O2S. The first kappa shape index (κ1) is 15.4. The van der Waals surface area contributed by atoms with Crippen molar-refractivity contribution < 1.29 is 9.53 Å². The van der Waals surface area contributed by atoms with Crippen molar-refractivity contribution in [3.63, 3.8) is 0 Å². The van der Waals surface area contributed by atoms with Crippen LogP contribution in [0.5, 0.6) is 0 Å². The fourth-order valence-electron chi connectivity index (χ4n) is 2.82. The minimum absolute atomic E-state index is 0.114. The van der Waals surface area contributed by atoms with Crippen LogP contribution in [0, 0.1) is 0 Å². The van der Waals surface area contributed by atoms with E-state index in [-0.39, 0.29) is 12.0 Å². The smallest absolute Gasteiger partial charge is 0.242 e. The monoisotopic (exact) mass is 319 g/mol. The Morgan fingerprint density at radius 1 is 1.45 bits per heavy atom. The van der Waals surface area contributed by atoms with Gasteiger partial charge in [0.2, 0.25) is 5.91 Å². The molecule has 1 amide bonds. The van der Waals surface area contributed by atoms with Gasteiger partial charge in [-0.15, -0.1) is 0 Å². The van der Waals surface area contributed by atoms with Crippen LogP contribution in [-0.2, 0) is 21.8 Å². The first-order valence-corrected chi connectivity index (χ1v) is 8.91. The Labute approximate surface area is 134 Å². The molecule has 2 aromatic rings. The highest BCUT2D eigenvalue weighted by Gasteiger charge is 2.23. The summed E-state index contributed by atoms with van der Waals surface area (Å²) < 4.78 is 7.56. The normalized spacial score (nSPS) is 18.8. The Morgan fingerprint density at radius 2 is 2.27 bits per heavy atom. The zero-order valence-corrected chi connectivity index (χ0v) is 13.8. The number of nitrogens with zero attached hydrogens (tertiary/aromatic N) is 3. The molecule has 1 aromatic carbocycles. The second-order valence-corrected chi connectivity index (χ2v) is 6.42. The summed E-state index contributed by atoms with van der Waals surface area (Å²) in [5.74, 6) is 1.91. The fourth-order valence-corrected chi connectivity index (χ4v) is 3.30. The van der Waals surface area contributed by atoms with E-state index in [4.69, 9.17) is 4.74 Å². The topological polar surface area (TPSA) is 47.4 Å². The molecule has 0 radical (unpaired) electrons. The number of benzene rings is 1. The number of morpholine rings is 1. The Bertz CT molecular complexity index is 670. The number of ether oxygens (including phenoxy) is 1. The van der Waals surface area contributed by atoms with Crippen LogP contribution >= 0.6 is 11.8 Å². The molecule has 1 fully saturated rings. The average molecular weight is 319 g/mol. The highest BCUT2D eigenvalue weighted by Crippen LogP contribution is 2.19. The van der Waals surface area contributed by atoms with Gasteiger partial charge < -0.3 is 14.2 Å². The number of thioether (sulfide) groups is 1. The fraction of sp³-hybridized carbons (Fsp3) is 0.500. The summed E-state index contributed by atoms with van der Waals surface area (Å²) in [5, 5.41) is 0. The minimum Gasteiger partial charge on any atom is -0.375 e. The molecule has 0 unspecified atom stereocenters. The molecule has 3 rings (SSSR count). The largest absolute Gasteiger partial charge is 0.375 e. The molecule has 1 atom stereocenters. The van der Waals surface area contributed by atoms with Crippen LogP contribution in [0.15, 0.2) is 24.3 Å². The van der Waals surface area contributed by atoms with Crippen LogP contribution in [-0.4, -0.2) is 52.4 Å². The van der Waals surface area contributed by atoms with Crippen LogP contribution in [0.2, 0.25) is 0 Å². The van der Waals surface area contributed by atoms with Crippen molar-refractivity contribution in [2.24, 2.45) is 0 Å². The van der Waals surface area contributed by atoms with Crippen molar-refractivity contribution in [2.45, 2.75) is 25.3 Å². The summed E-state index contributed by atoms with van der Waals surface area (Å²) >= 11 is 1.72. The number of aromatic nitrogens is 2. The van der Waals surface area contributed by atoms with Gasteiger partial charge in [0.25, 0.3) is 0 Å². The highest BCUT2D eigenvalue weighted by atomic mass is 32.2.